The average molecular weight is 572 g/mol. The van der Waals surface area contributed by atoms with Gasteiger partial charge < -0.3 is 24.3 Å². The van der Waals surface area contributed by atoms with Gasteiger partial charge in [-0.1, -0.05) is 5.11 Å². The lowest BCUT2D eigenvalue weighted by molar-refractivity contribution is -0.0267. The molecule has 0 bridgehead atoms. The molecule has 0 radical (unpaired) electrons. The molecule has 1 aromatic heterocycles. The van der Waals surface area contributed by atoms with Crippen molar-refractivity contribution in [3.8, 4) is 0 Å². The third-order valence-electron chi connectivity index (χ3n) is 3.46. The zero-order chi connectivity index (χ0) is 23.6. The van der Waals surface area contributed by atoms with Crippen LogP contribution >= 0.6 is 39.4 Å². The highest BCUT2D eigenvalue weighted by molar-refractivity contribution is 9.10. The Labute approximate surface area is 179 Å². The number of phosphoric ester groups is 1. The normalized spacial score (nSPS) is 25.4. The molecule has 2 unspecified atom stereocenters. The highest BCUT2D eigenvalue weighted by Crippen LogP contribution is 2.66. The van der Waals surface area contributed by atoms with Crippen LogP contribution < -0.4 is 11.2 Å². The third-order valence-corrected chi connectivity index (χ3v) is 7.82. The van der Waals surface area contributed by atoms with Gasteiger partial charge in [0.2, 0.25) is 0 Å². The lowest BCUT2D eigenvalue weighted by Gasteiger charge is -2.19. The molecule has 22 heteroatoms. The summed E-state index contributed by atoms with van der Waals surface area (Å²) in [6, 6.07) is -1.06. The molecule has 0 aliphatic carbocycles. The fourth-order valence-electron chi connectivity index (χ4n) is 2.37. The minimum absolute atomic E-state index is 0.0206. The molecule has 31 heavy (non-hydrogen) atoms. The van der Waals surface area contributed by atoms with Crippen LogP contribution in [0, 0.1) is 0 Å². The molecule has 0 saturated carbocycles. The second-order valence-electron chi connectivity index (χ2n) is 5.67. The van der Waals surface area contributed by atoms with E-state index in [4.69, 9.17) is 24.9 Å². The molecule has 2 rings (SSSR count). The van der Waals surface area contributed by atoms with Crippen molar-refractivity contribution in [3.63, 3.8) is 0 Å². The maximum Gasteiger partial charge on any atom is 0.490 e. The van der Waals surface area contributed by atoms with Crippen LogP contribution in [-0.2, 0) is 31.6 Å². The molecule has 0 amide bonds. The summed E-state index contributed by atoms with van der Waals surface area (Å²) in [6.07, 6.45) is -1.41. The lowest BCUT2D eigenvalue weighted by atomic mass is 10.1. The summed E-state index contributed by atoms with van der Waals surface area (Å²) in [5.74, 6) is 0. The van der Waals surface area contributed by atoms with Gasteiger partial charge in [0.15, 0.2) is 0 Å². The summed E-state index contributed by atoms with van der Waals surface area (Å²) < 4.78 is 51.7. The highest BCUT2D eigenvalue weighted by atomic mass is 79.9. The first-order valence-electron chi connectivity index (χ1n) is 7.61. The molecule has 0 aromatic carbocycles. The van der Waals surface area contributed by atoms with Gasteiger partial charge in [0.05, 0.1) is 23.2 Å². The van der Waals surface area contributed by atoms with Crippen molar-refractivity contribution in [2.24, 2.45) is 5.11 Å². The number of aromatic amines is 1. The van der Waals surface area contributed by atoms with Gasteiger partial charge in [-0.3, -0.25) is 18.9 Å². The first-order valence-corrected chi connectivity index (χ1v) is 12.9. The third kappa shape index (κ3) is 7.73. The van der Waals surface area contributed by atoms with Crippen LogP contribution in [-0.4, -0.2) is 47.9 Å². The van der Waals surface area contributed by atoms with Crippen LogP contribution in [0.5, 0.6) is 0 Å². The largest absolute Gasteiger partial charge is 0.490 e. The highest BCUT2D eigenvalue weighted by Gasteiger charge is 2.43. The zero-order valence-electron chi connectivity index (χ0n) is 14.7. The van der Waals surface area contributed by atoms with E-state index in [0.717, 1.165) is 10.8 Å². The van der Waals surface area contributed by atoms with E-state index in [-0.39, 0.29) is 10.9 Å². The van der Waals surface area contributed by atoms with E-state index in [2.05, 4.69) is 39.1 Å². The maximum absolute atomic E-state index is 12.0. The van der Waals surface area contributed by atoms with Crippen LogP contribution in [0.15, 0.2) is 25.4 Å². The van der Waals surface area contributed by atoms with Crippen LogP contribution in [0.25, 0.3) is 10.4 Å². The molecule has 5 N–H and O–H groups in total. The second-order valence-corrected chi connectivity index (χ2v) is 10.9. The Balaban J connectivity index is 2.14. The molecule has 174 valence electrons. The molecule has 5 atom stereocenters. The Hall–Kier alpha value is -1.16. The fraction of sp³-hybridized carbons (Fsp3) is 0.556. The molecule has 1 aliphatic heterocycles. The number of halogens is 1. The molecular formula is C9H13BrN5O13P3. The van der Waals surface area contributed by atoms with Crippen LogP contribution in [0.2, 0.25) is 0 Å². The minimum atomic E-state index is -5.71. The number of phosphoric acid groups is 3. The van der Waals surface area contributed by atoms with Crippen molar-refractivity contribution in [2.45, 2.75) is 24.8 Å². The summed E-state index contributed by atoms with van der Waals surface area (Å²) >= 11 is 2.92. The van der Waals surface area contributed by atoms with Crippen molar-refractivity contribution < 1.29 is 51.2 Å². The van der Waals surface area contributed by atoms with Crippen molar-refractivity contribution in [2.75, 3.05) is 6.61 Å². The van der Waals surface area contributed by atoms with Crippen LogP contribution in [0.3, 0.4) is 0 Å². The maximum atomic E-state index is 12.0. The van der Waals surface area contributed by atoms with Gasteiger partial charge in [0.25, 0.3) is 5.56 Å². The standard InChI is InChI=1S/C9H13BrN5O13P3/c10-4-2-15(9(17)12-8(4)16)7-1-5(13-14-11)6(26-7)3-25-30(21,22)28-31(23,24)27-29(18,19)20/h2,5-7H,1,3H2,(H,21,22)(H,23,24)(H,12,16,17)(H2,18,19,20)/t5-,6+,7+/m0/s1. The summed E-state index contributed by atoms with van der Waals surface area (Å²) in [5.41, 5.74) is 7.09. The Kier molecular flexibility index (Phi) is 8.22. The zero-order valence-corrected chi connectivity index (χ0v) is 19.0. The van der Waals surface area contributed by atoms with E-state index in [9.17, 15) is 28.2 Å². The number of H-pyrrole nitrogens is 1. The van der Waals surface area contributed by atoms with Gasteiger partial charge in [0, 0.05) is 17.5 Å². The first kappa shape index (κ1) is 26.1. The van der Waals surface area contributed by atoms with E-state index < -0.39 is 59.7 Å². The molecule has 1 aliphatic rings. The number of ether oxygens (including phenoxy) is 1. The van der Waals surface area contributed by atoms with E-state index in [1.54, 1.807) is 0 Å². The van der Waals surface area contributed by atoms with Gasteiger partial charge >= 0.3 is 29.2 Å². The number of azide groups is 1. The Morgan fingerprint density at radius 1 is 1.26 bits per heavy atom. The Morgan fingerprint density at radius 2 is 1.90 bits per heavy atom. The predicted molar refractivity (Wildman–Crippen MR) is 100 cm³/mol. The summed E-state index contributed by atoms with van der Waals surface area (Å²) in [7, 11) is -16.7. The van der Waals surface area contributed by atoms with Crippen molar-refractivity contribution in [1.29, 1.82) is 0 Å². The smallest absolute Gasteiger partial charge is 0.352 e. The van der Waals surface area contributed by atoms with Gasteiger partial charge in [-0.25, -0.2) is 18.5 Å². The lowest BCUT2D eigenvalue weighted by Crippen LogP contribution is -2.32. The summed E-state index contributed by atoms with van der Waals surface area (Å²) in [6.45, 7) is -0.886. The minimum Gasteiger partial charge on any atom is -0.352 e. The number of hydrogen-bond acceptors (Lipinski definition) is 10. The number of aromatic nitrogens is 2. The predicted octanol–water partition coefficient (Wildman–Crippen LogP) is 0.609. The number of hydrogen-bond donors (Lipinski definition) is 5. The summed E-state index contributed by atoms with van der Waals surface area (Å²) in [4.78, 5) is 63.6. The molecule has 18 nitrogen and oxygen atoms in total. The topological polar surface area (TPSA) is 273 Å². The molecular weight excluding hydrogens is 559 g/mol. The van der Waals surface area contributed by atoms with Crippen molar-refractivity contribution in [3.05, 3.63) is 42.0 Å². The Morgan fingerprint density at radius 3 is 2.48 bits per heavy atom. The average Bonchev–Trinajstić information content (AvgIpc) is 2.96. The van der Waals surface area contributed by atoms with Crippen molar-refractivity contribution >= 4 is 39.4 Å². The number of rotatable bonds is 9. The first-order chi connectivity index (χ1) is 14.1. The second kappa shape index (κ2) is 9.77. The molecule has 1 aromatic rings. The van der Waals surface area contributed by atoms with Crippen LogP contribution in [0.4, 0.5) is 0 Å². The fourth-order valence-corrected chi connectivity index (χ4v) is 5.72. The number of nitrogens with one attached hydrogen (secondary N) is 1. The summed E-state index contributed by atoms with van der Waals surface area (Å²) in [5, 5.41) is 3.41. The SMILES string of the molecule is [N-]=[N+]=N[C@H]1C[C@H](n2cc(Br)c(=O)[nH]c2=O)O[C@@H]1COP(=O)(O)OP(=O)(O)OP(=O)(O)O. The van der Waals surface area contributed by atoms with Crippen LogP contribution in [0.1, 0.15) is 12.6 Å². The van der Waals surface area contributed by atoms with Gasteiger partial charge in [-0.05, 0) is 21.5 Å². The Bertz CT molecular complexity index is 1140. The number of nitrogens with zero attached hydrogens (tertiary/aromatic N) is 4. The van der Waals surface area contributed by atoms with E-state index in [1.165, 1.54) is 0 Å². The molecule has 2 heterocycles. The van der Waals surface area contributed by atoms with E-state index in [1.807, 2.05) is 4.98 Å². The van der Waals surface area contributed by atoms with E-state index >= 15 is 0 Å². The van der Waals surface area contributed by atoms with Gasteiger partial charge in [-0.15, -0.1) is 0 Å². The van der Waals surface area contributed by atoms with Gasteiger partial charge in [0.1, 0.15) is 6.23 Å². The molecule has 1 saturated heterocycles. The van der Waals surface area contributed by atoms with E-state index in [0.29, 0.717) is 0 Å². The monoisotopic (exact) mass is 571 g/mol. The van der Waals surface area contributed by atoms with Gasteiger partial charge in [-0.2, -0.15) is 8.62 Å². The molecule has 1 fully saturated rings. The van der Waals surface area contributed by atoms with Crippen molar-refractivity contribution in [1.82, 2.24) is 9.55 Å². The quantitative estimate of drug-likeness (QED) is 0.118. The molecule has 0 spiro atoms.